The summed E-state index contributed by atoms with van der Waals surface area (Å²) >= 11 is 0. The van der Waals surface area contributed by atoms with Gasteiger partial charge in [0, 0.05) is 24.2 Å². The summed E-state index contributed by atoms with van der Waals surface area (Å²) in [5.74, 6) is 3.73. The fourth-order valence-corrected chi connectivity index (χ4v) is 14.0. The summed E-state index contributed by atoms with van der Waals surface area (Å²) in [7, 11) is -2.95. The number of nitrogens with zero attached hydrogens (tertiary/aromatic N) is 1. The third-order valence-corrected chi connectivity index (χ3v) is 16.2. The summed E-state index contributed by atoms with van der Waals surface area (Å²) in [6.07, 6.45) is 15.6. The monoisotopic (exact) mass is 634 g/mol. The molecule has 0 aromatic heterocycles. The number of carbonyl (C=O) groups excluding carboxylic acids is 2. The van der Waals surface area contributed by atoms with E-state index in [4.69, 9.17) is 0 Å². The lowest BCUT2D eigenvalue weighted by Crippen LogP contribution is -2.64. The van der Waals surface area contributed by atoms with E-state index in [9.17, 15) is 18.0 Å². The van der Waals surface area contributed by atoms with Crippen LogP contribution < -0.4 is 5.32 Å². The van der Waals surface area contributed by atoms with Crippen LogP contribution in [0, 0.1) is 45.8 Å². The van der Waals surface area contributed by atoms with E-state index in [-0.39, 0.29) is 33.8 Å². The van der Waals surface area contributed by atoms with Crippen LogP contribution in [0.25, 0.3) is 5.57 Å². The molecule has 8 atom stereocenters. The van der Waals surface area contributed by atoms with E-state index in [0.717, 1.165) is 37.0 Å². The largest absolute Gasteiger partial charge is 0.349 e. The molecule has 246 valence electrons. The third kappa shape index (κ3) is 5.08. The highest BCUT2D eigenvalue weighted by Crippen LogP contribution is 2.72. The lowest BCUT2D eigenvalue weighted by atomic mass is 9.37. The zero-order valence-electron chi connectivity index (χ0n) is 27.9. The Morgan fingerprint density at radius 2 is 1.62 bits per heavy atom. The minimum absolute atomic E-state index is 0.0733. The van der Waals surface area contributed by atoms with Gasteiger partial charge in [0.25, 0.3) is 0 Å². The van der Waals surface area contributed by atoms with Crippen molar-refractivity contribution in [1.82, 2.24) is 10.2 Å². The minimum atomic E-state index is -2.95. The average Bonchev–Trinajstić information content (AvgIpc) is 3.42. The lowest BCUT2D eigenvalue weighted by molar-refractivity contribution is -0.173. The predicted molar refractivity (Wildman–Crippen MR) is 179 cm³/mol. The molecule has 5 aliphatic carbocycles. The first kappa shape index (κ1) is 31.6. The molecule has 4 saturated carbocycles. The van der Waals surface area contributed by atoms with Gasteiger partial charge >= 0.3 is 0 Å². The van der Waals surface area contributed by atoms with Crippen LogP contribution in [0.2, 0.25) is 0 Å². The maximum absolute atomic E-state index is 13.4. The van der Waals surface area contributed by atoms with Gasteiger partial charge in [0.05, 0.1) is 18.1 Å². The Morgan fingerprint density at radius 1 is 0.889 bits per heavy atom. The molecule has 1 aromatic rings. The van der Waals surface area contributed by atoms with Gasteiger partial charge < -0.3 is 5.32 Å². The van der Waals surface area contributed by atoms with Gasteiger partial charge in [-0.1, -0.05) is 64.5 Å². The summed E-state index contributed by atoms with van der Waals surface area (Å²) in [6.45, 7) is 11.5. The summed E-state index contributed by atoms with van der Waals surface area (Å²) < 4.78 is 23.8. The molecule has 5 fully saturated rings. The molecule has 7 rings (SSSR count). The van der Waals surface area contributed by atoms with Gasteiger partial charge in [-0.3, -0.25) is 14.5 Å². The molecule has 45 heavy (non-hydrogen) atoms. The molecule has 0 spiro atoms. The minimum Gasteiger partial charge on any atom is -0.349 e. The molecular weight excluding hydrogens is 580 g/mol. The second kappa shape index (κ2) is 11.0. The fourth-order valence-electron chi connectivity index (χ4n) is 12.7. The zero-order valence-corrected chi connectivity index (χ0v) is 28.8. The maximum atomic E-state index is 13.4. The number of rotatable bonds is 5. The molecule has 1 heterocycles. The van der Waals surface area contributed by atoms with E-state index in [1.807, 2.05) is 17.0 Å². The number of aldehydes is 1. The van der Waals surface area contributed by atoms with Crippen molar-refractivity contribution in [2.24, 2.45) is 45.8 Å². The molecule has 1 N–H and O–H groups in total. The Labute approximate surface area is 271 Å². The highest BCUT2D eigenvalue weighted by atomic mass is 32.2. The lowest BCUT2D eigenvalue weighted by Gasteiger charge is -2.68. The van der Waals surface area contributed by atoms with Crippen molar-refractivity contribution in [3.63, 3.8) is 0 Å². The smallest absolute Gasteiger partial charge is 0.234 e. The van der Waals surface area contributed by atoms with Crippen LogP contribution in [0.1, 0.15) is 108 Å². The number of fused-ring (bicyclic) bond motifs is 7. The molecule has 0 bridgehead atoms. The molecule has 6 aliphatic rings. The van der Waals surface area contributed by atoms with Gasteiger partial charge in [-0.2, -0.15) is 0 Å². The van der Waals surface area contributed by atoms with Gasteiger partial charge in [-0.15, -0.1) is 0 Å². The van der Waals surface area contributed by atoms with E-state index < -0.39 is 9.84 Å². The standard InChI is InChI=1S/C38H54N2O4S/c1-35(2)29(27-9-7-26(25-41)8-10-27)13-17-37(4)32(35)15-18-36(3)30-14-19-38(16-5-6-31(38)28(30)11-12-33(36)37)39-34(42)24-40-20-22-45(43,44)23-21-40/h7-10,13,25,28,30-33H,5-6,11-12,14-24H2,1-4H3,(H,39,42). The summed E-state index contributed by atoms with van der Waals surface area (Å²) in [4.78, 5) is 26.7. The van der Waals surface area contributed by atoms with Crippen LogP contribution in [-0.4, -0.2) is 62.2 Å². The summed E-state index contributed by atoms with van der Waals surface area (Å²) in [6, 6.07) is 8.20. The Bertz CT molecular complexity index is 1470. The van der Waals surface area contributed by atoms with Gasteiger partial charge in [0.1, 0.15) is 6.29 Å². The Balaban J connectivity index is 1.09. The molecule has 1 aliphatic heterocycles. The van der Waals surface area contributed by atoms with Crippen molar-refractivity contribution in [1.29, 1.82) is 0 Å². The second-order valence-corrected chi connectivity index (χ2v) is 19.3. The van der Waals surface area contributed by atoms with Crippen molar-refractivity contribution < 1.29 is 18.0 Å². The van der Waals surface area contributed by atoms with Crippen molar-refractivity contribution in [3.05, 3.63) is 41.5 Å². The van der Waals surface area contributed by atoms with Gasteiger partial charge in [-0.05, 0) is 115 Å². The first-order valence-corrected chi connectivity index (χ1v) is 19.6. The number of sulfone groups is 1. The van der Waals surface area contributed by atoms with Gasteiger partial charge in [0.15, 0.2) is 9.84 Å². The van der Waals surface area contributed by atoms with Crippen LogP contribution in [0.3, 0.4) is 0 Å². The first-order valence-electron chi connectivity index (χ1n) is 17.8. The second-order valence-electron chi connectivity index (χ2n) is 17.0. The fraction of sp³-hybridized carbons (Fsp3) is 0.737. The molecule has 1 aromatic carbocycles. The van der Waals surface area contributed by atoms with E-state index in [1.165, 1.54) is 56.1 Å². The van der Waals surface area contributed by atoms with E-state index in [1.54, 1.807) is 0 Å². The molecule has 7 heteroatoms. The van der Waals surface area contributed by atoms with Crippen LogP contribution in [0.4, 0.5) is 0 Å². The maximum Gasteiger partial charge on any atom is 0.234 e. The number of amides is 1. The quantitative estimate of drug-likeness (QED) is 0.371. The zero-order chi connectivity index (χ0) is 31.8. The molecular formula is C38H54N2O4S. The van der Waals surface area contributed by atoms with E-state index in [2.05, 4.69) is 51.2 Å². The first-order chi connectivity index (χ1) is 21.3. The molecule has 0 radical (unpaired) electrons. The van der Waals surface area contributed by atoms with Crippen LogP contribution in [-0.2, 0) is 14.6 Å². The van der Waals surface area contributed by atoms with Crippen LogP contribution >= 0.6 is 0 Å². The molecule has 6 nitrogen and oxygen atoms in total. The number of nitrogens with one attached hydrogen (secondary N) is 1. The summed E-state index contributed by atoms with van der Waals surface area (Å²) in [5.41, 5.74) is 4.06. The van der Waals surface area contributed by atoms with E-state index in [0.29, 0.717) is 48.7 Å². The average molecular weight is 635 g/mol. The highest BCUT2D eigenvalue weighted by Gasteiger charge is 2.65. The third-order valence-electron chi connectivity index (χ3n) is 14.6. The topological polar surface area (TPSA) is 83.6 Å². The van der Waals surface area contributed by atoms with Crippen molar-refractivity contribution in [3.8, 4) is 0 Å². The predicted octanol–water partition coefficient (Wildman–Crippen LogP) is 6.56. The number of carbonyl (C=O) groups is 2. The number of hydrogen-bond donors (Lipinski definition) is 1. The summed E-state index contributed by atoms with van der Waals surface area (Å²) in [5, 5.41) is 3.61. The van der Waals surface area contributed by atoms with Crippen molar-refractivity contribution >= 4 is 27.6 Å². The number of hydrogen-bond acceptors (Lipinski definition) is 5. The number of allylic oxidation sites excluding steroid dienone is 2. The normalized spacial score (nSPS) is 41.9. The van der Waals surface area contributed by atoms with Crippen LogP contribution in [0.15, 0.2) is 30.3 Å². The van der Waals surface area contributed by atoms with Crippen LogP contribution in [0.5, 0.6) is 0 Å². The highest BCUT2D eigenvalue weighted by molar-refractivity contribution is 7.91. The SMILES string of the molecule is CC1(C)C(c2ccc(C=O)cc2)=CCC2(C)C1CCC1(C)C3CCC4(NC(=O)CN5CCS(=O)(=O)CC5)CCCC4C3CCC12. The molecule has 8 unspecified atom stereocenters. The van der Waals surface area contributed by atoms with Gasteiger partial charge in [-0.25, -0.2) is 8.42 Å². The molecule has 1 amide bonds. The molecule has 1 saturated heterocycles. The van der Waals surface area contributed by atoms with Gasteiger partial charge in [0.2, 0.25) is 5.91 Å². The number of benzene rings is 1. The van der Waals surface area contributed by atoms with Crippen molar-refractivity contribution in [2.45, 2.75) is 97.4 Å². The van der Waals surface area contributed by atoms with Crippen molar-refractivity contribution in [2.75, 3.05) is 31.1 Å². The Kier molecular flexibility index (Phi) is 7.75. The Morgan fingerprint density at radius 3 is 2.33 bits per heavy atom. The van der Waals surface area contributed by atoms with E-state index >= 15 is 0 Å². The Hall–Kier alpha value is -1.99.